The molecule has 2 aromatic rings. The first-order valence-corrected chi connectivity index (χ1v) is 11.3. The minimum atomic E-state index is -0.881. The van der Waals surface area contributed by atoms with E-state index in [1.165, 1.54) is 0 Å². The number of benzene rings is 2. The van der Waals surface area contributed by atoms with Crippen LogP contribution < -0.4 is 14.8 Å². The van der Waals surface area contributed by atoms with Crippen LogP contribution in [0.25, 0.3) is 0 Å². The van der Waals surface area contributed by atoms with E-state index in [2.05, 4.69) is 11.2 Å². The van der Waals surface area contributed by atoms with Crippen LogP contribution in [0.2, 0.25) is 10.0 Å². The summed E-state index contributed by atoms with van der Waals surface area (Å²) < 4.78 is 16.5. The number of carbonyl (C=O) groups is 1. The molecule has 7 heteroatoms. The lowest BCUT2D eigenvalue weighted by molar-refractivity contribution is -0.133. The van der Waals surface area contributed by atoms with E-state index in [4.69, 9.17) is 43.8 Å². The van der Waals surface area contributed by atoms with E-state index in [-0.39, 0.29) is 24.5 Å². The fraction of sp³-hybridized carbons (Fsp3) is 0.400. The van der Waals surface area contributed by atoms with Crippen LogP contribution in [0.15, 0.2) is 36.4 Å². The van der Waals surface area contributed by atoms with E-state index in [0.29, 0.717) is 27.1 Å². The molecule has 0 spiro atoms. The number of hydrogen-bond acceptors (Lipinski definition) is 4. The Kier molecular flexibility index (Phi) is 8.69. The zero-order valence-corrected chi connectivity index (χ0v) is 19.7. The van der Waals surface area contributed by atoms with Crippen LogP contribution in [-0.2, 0) is 9.53 Å². The van der Waals surface area contributed by atoms with Crippen LogP contribution >= 0.6 is 23.2 Å². The Morgan fingerprint density at radius 2 is 1.84 bits per heavy atom. The average Bonchev–Trinajstić information content (AvgIpc) is 2.81. The van der Waals surface area contributed by atoms with E-state index in [1.54, 1.807) is 32.4 Å². The number of amides is 1. The quantitative estimate of drug-likeness (QED) is 0.508. The van der Waals surface area contributed by atoms with Crippen molar-refractivity contribution >= 4 is 29.1 Å². The third kappa shape index (κ3) is 5.69. The molecule has 1 aliphatic rings. The second-order valence-corrected chi connectivity index (χ2v) is 8.50. The summed E-state index contributed by atoms with van der Waals surface area (Å²) >= 11 is 12.2. The lowest BCUT2D eigenvalue weighted by atomic mass is 9.79. The van der Waals surface area contributed by atoms with Crippen molar-refractivity contribution in [1.29, 1.82) is 0 Å². The number of carbonyl (C=O) groups excluding carboxylic acids is 1. The van der Waals surface area contributed by atoms with E-state index < -0.39 is 6.10 Å². The van der Waals surface area contributed by atoms with Gasteiger partial charge in [0.05, 0.1) is 24.3 Å². The Bertz CT molecular complexity index is 988. The zero-order valence-electron chi connectivity index (χ0n) is 18.2. The first-order chi connectivity index (χ1) is 15.5. The van der Waals surface area contributed by atoms with Gasteiger partial charge >= 0.3 is 0 Å². The highest BCUT2D eigenvalue weighted by Gasteiger charge is 2.31. The molecule has 32 heavy (non-hydrogen) atoms. The van der Waals surface area contributed by atoms with E-state index in [1.807, 2.05) is 18.2 Å². The maximum Gasteiger partial charge on any atom is 0.254 e. The van der Waals surface area contributed by atoms with Crippen LogP contribution in [0.4, 0.5) is 0 Å². The number of rotatable bonds is 8. The van der Waals surface area contributed by atoms with Gasteiger partial charge in [0.1, 0.15) is 6.61 Å². The number of nitrogens with one attached hydrogen (secondary N) is 1. The van der Waals surface area contributed by atoms with Gasteiger partial charge in [0, 0.05) is 12.0 Å². The monoisotopic (exact) mass is 475 g/mol. The van der Waals surface area contributed by atoms with Crippen LogP contribution in [0.1, 0.15) is 48.8 Å². The molecule has 5 nitrogen and oxygen atoms in total. The maximum atomic E-state index is 13.3. The molecule has 0 bridgehead atoms. The van der Waals surface area contributed by atoms with Crippen molar-refractivity contribution in [3.05, 3.63) is 57.6 Å². The Balaban J connectivity index is 1.83. The van der Waals surface area contributed by atoms with Crippen LogP contribution in [0.3, 0.4) is 0 Å². The van der Waals surface area contributed by atoms with Crippen LogP contribution in [0.5, 0.6) is 11.5 Å². The lowest BCUT2D eigenvalue weighted by Crippen LogP contribution is -2.43. The molecule has 0 aliphatic heterocycles. The summed E-state index contributed by atoms with van der Waals surface area (Å²) in [5.41, 5.74) is 1.70. The largest absolute Gasteiger partial charge is 0.493 e. The first-order valence-electron chi connectivity index (χ1n) is 10.5. The molecule has 0 heterocycles. The van der Waals surface area contributed by atoms with Crippen molar-refractivity contribution in [2.75, 3.05) is 20.8 Å². The minimum absolute atomic E-state index is 0.00209. The second kappa shape index (κ2) is 11.5. The molecule has 3 rings (SSSR count). The smallest absolute Gasteiger partial charge is 0.254 e. The van der Waals surface area contributed by atoms with Gasteiger partial charge in [-0.05, 0) is 48.2 Å². The molecule has 2 aromatic carbocycles. The van der Waals surface area contributed by atoms with Gasteiger partial charge in [-0.3, -0.25) is 4.79 Å². The number of halogens is 2. The van der Waals surface area contributed by atoms with Gasteiger partial charge in [0.2, 0.25) is 0 Å². The highest BCUT2D eigenvalue weighted by molar-refractivity contribution is 6.42. The summed E-state index contributed by atoms with van der Waals surface area (Å²) in [7, 11) is 3.23. The van der Waals surface area contributed by atoms with Crippen LogP contribution in [-0.4, -0.2) is 32.8 Å². The standard InChI is InChI=1S/C25H27Cl2NO4/c1-4-13-32-24(17-9-11-19(26)20(27)14-17)25(29)28-21-8-6-5-7-18(21)16-10-12-22(30-2)23(15-16)31-3/h1,9-12,14-15,18,21,24H,5-8,13H2,2-3H3,(H,28,29)/t18-,21+,24?/m0/s1. The first kappa shape index (κ1) is 24.3. The molecule has 1 N–H and O–H groups in total. The van der Waals surface area contributed by atoms with Crippen molar-refractivity contribution in [1.82, 2.24) is 5.32 Å². The summed E-state index contributed by atoms with van der Waals surface area (Å²) in [5, 5.41) is 3.96. The molecule has 0 radical (unpaired) electrons. The molecule has 170 valence electrons. The third-order valence-corrected chi connectivity index (χ3v) is 6.49. The molecular formula is C25H27Cl2NO4. The van der Waals surface area contributed by atoms with Crippen molar-refractivity contribution in [3.63, 3.8) is 0 Å². The Morgan fingerprint density at radius 3 is 2.53 bits per heavy atom. The van der Waals surface area contributed by atoms with E-state index in [0.717, 1.165) is 31.2 Å². The summed E-state index contributed by atoms with van der Waals surface area (Å²) in [6, 6.07) is 10.9. The van der Waals surface area contributed by atoms with Crippen molar-refractivity contribution < 1.29 is 19.0 Å². The Morgan fingerprint density at radius 1 is 1.09 bits per heavy atom. The van der Waals surface area contributed by atoms with Gasteiger partial charge in [0.15, 0.2) is 17.6 Å². The van der Waals surface area contributed by atoms with Gasteiger partial charge < -0.3 is 19.5 Å². The predicted molar refractivity (Wildman–Crippen MR) is 127 cm³/mol. The summed E-state index contributed by atoms with van der Waals surface area (Å²) in [4.78, 5) is 13.3. The van der Waals surface area contributed by atoms with Gasteiger partial charge in [-0.1, -0.05) is 54.1 Å². The van der Waals surface area contributed by atoms with Gasteiger partial charge in [-0.2, -0.15) is 0 Å². The van der Waals surface area contributed by atoms with Gasteiger partial charge in [-0.25, -0.2) is 0 Å². The summed E-state index contributed by atoms with van der Waals surface area (Å²) in [6.07, 6.45) is 8.45. The maximum absolute atomic E-state index is 13.3. The highest BCUT2D eigenvalue weighted by Crippen LogP contribution is 2.38. The number of hydrogen-bond donors (Lipinski definition) is 1. The van der Waals surface area contributed by atoms with Crippen molar-refractivity contribution in [2.45, 2.75) is 43.7 Å². The zero-order chi connectivity index (χ0) is 23.1. The van der Waals surface area contributed by atoms with Crippen LogP contribution in [0, 0.1) is 12.3 Å². The fourth-order valence-corrected chi connectivity index (χ4v) is 4.48. The molecule has 1 unspecified atom stereocenters. The molecular weight excluding hydrogens is 449 g/mol. The van der Waals surface area contributed by atoms with Gasteiger partial charge in [0.25, 0.3) is 5.91 Å². The molecule has 3 atom stereocenters. The van der Waals surface area contributed by atoms with Gasteiger partial charge in [-0.15, -0.1) is 6.42 Å². The highest BCUT2D eigenvalue weighted by atomic mass is 35.5. The predicted octanol–water partition coefficient (Wildman–Crippen LogP) is 5.54. The molecule has 1 amide bonds. The average molecular weight is 476 g/mol. The lowest BCUT2D eigenvalue weighted by Gasteiger charge is -2.34. The van der Waals surface area contributed by atoms with Crippen molar-refractivity contribution in [3.8, 4) is 23.8 Å². The topological polar surface area (TPSA) is 56.8 Å². The minimum Gasteiger partial charge on any atom is -0.493 e. The van der Waals surface area contributed by atoms with Crippen molar-refractivity contribution in [2.24, 2.45) is 0 Å². The molecule has 1 aliphatic carbocycles. The molecule has 1 saturated carbocycles. The number of methoxy groups -OCH3 is 2. The Hall–Kier alpha value is -2.39. The number of terminal acetylenes is 1. The molecule has 1 fully saturated rings. The molecule has 0 saturated heterocycles. The molecule has 0 aromatic heterocycles. The van der Waals surface area contributed by atoms with E-state index in [9.17, 15) is 4.79 Å². The second-order valence-electron chi connectivity index (χ2n) is 7.69. The normalized spacial score (nSPS) is 19.0. The fourth-order valence-electron chi connectivity index (χ4n) is 4.17. The third-order valence-electron chi connectivity index (χ3n) is 5.75. The SMILES string of the molecule is C#CCOC(C(=O)N[C@@H]1CCCC[C@H]1c1ccc(OC)c(OC)c1)c1ccc(Cl)c(Cl)c1. The number of ether oxygens (including phenoxy) is 3. The van der Waals surface area contributed by atoms with E-state index >= 15 is 0 Å². The Labute approximate surface area is 199 Å². The summed E-state index contributed by atoms with van der Waals surface area (Å²) in [6.45, 7) is 0.00209. The summed E-state index contributed by atoms with van der Waals surface area (Å²) in [5.74, 6) is 3.67.